The second-order valence-electron chi connectivity index (χ2n) is 14.8. The highest BCUT2D eigenvalue weighted by atomic mass is 19.4. The second kappa shape index (κ2) is 12.2. The van der Waals surface area contributed by atoms with Crippen molar-refractivity contribution in [1.29, 1.82) is 5.26 Å². The van der Waals surface area contributed by atoms with Gasteiger partial charge in [0.2, 0.25) is 0 Å². The number of carbonyl (C=O) groups is 1. The number of nitrogens with one attached hydrogen (secondary N) is 3. The summed E-state index contributed by atoms with van der Waals surface area (Å²) in [5, 5.41) is 24.3. The minimum absolute atomic E-state index is 0.0833. The Morgan fingerprint density at radius 2 is 1.90 bits per heavy atom. The molecule has 6 heterocycles. The summed E-state index contributed by atoms with van der Waals surface area (Å²) < 4.78 is 44.7. The summed E-state index contributed by atoms with van der Waals surface area (Å²) in [4.78, 5) is 24.7. The first-order chi connectivity index (χ1) is 22.6. The zero-order valence-corrected chi connectivity index (χ0v) is 28.5. The van der Waals surface area contributed by atoms with Crippen LogP contribution in [0.2, 0.25) is 0 Å². The molecule has 2 saturated heterocycles. The Morgan fingerprint density at radius 3 is 2.54 bits per heavy atom. The van der Waals surface area contributed by atoms with E-state index in [1.54, 1.807) is 17.3 Å². The Hall–Kier alpha value is -3.87. The molecule has 0 bridgehead atoms. The topological polar surface area (TPSA) is 120 Å². The van der Waals surface area contributed by atoms with E-state index in [1.165, 1.54) is 19.0 Å². The number of aromatic nitrogens is 2. The average Bonchev–Trinajstić information content (AvgIpc) is 3.64. The van der Waals surface area contributed by atoms with Crippen LogP contribution in [-0.4, -0.2) is 124 Å². The summed E-state index contributed by atoms with van der Waals surface area (Å²) in [6.07, 6.45) is 6.30. The van der Waals surface area contributed by atoms with Gasteiger partial charge < -0.3 is 25.8 Å². The summed E-state index contributed by atoms with van der Waals surface area (Å²) in [6, 6.07) is 1.95. The first kappa shape index (κ1) is 34.0. The molecule has 0 spiro atoms. The highest BCUT2D eigenvalue weighted by Crippen LogP contribution is 2.39. The number of hydrogen-bond acceptors (Lipinski definition) is 10. The summed E-state index contributed by atoms with van der Waals surface area (Å²) in [6.45, 7) is 10.4. The maximum Gasteiger partial charge on any atom is 0.422 e. The first-order valence-corrected chi connectivity index (χ1v) is 16.5. The molecule has 12 nitrogen and oxygen atoms in total. The third-order valence-corrected chi connectivity index (χ3v) is 10.3. The molecule has 6 rings (SSSR count). The summed E-state index contributed by atoms with van der Waals surface area (Å²) >= 11 is 0. The molecular formula is C33H46F3N11O. The lowest BCUT2D eigenvalue weighted by molar-refractivity contribution is -0.220. The minimum atomic E-state index is -4.54. The van der Waals surface area contributed by atoms with Gasteiger partial charge in [0.25, 0.3) is 5.91 Å². The molecule has 1 amide bonds. The molecule has 48 heavy (non-hydrogen) atoms. The molecule has 3 atom stereocenters. The van der Waals surface area contributed by atoms with Crippen LogP contribution in [0, 0.1) is 11.3 Å². The van der Waals surface area contributed by atoms with Crippen molar-refractivity contribution >= 4 is 17.9 Å². The standard InChI is InChI=1S/C33H46F3N11O/c1-30(2,3)40-17-24-15-26(44(6)29(43(24)5)33(34,35)36)28(48)45-13-8-23(9-14-45)46-19-32(20-46,10-11-37)47-18-22(16-42-47)27-25-7-12-39-31(25,4)41-21-38-27/h7,12,15-16,18,21,23-24,29,39-40H,8-10,13-14,17,19-20H2,1-6H3,(H,38,41). The lowest BCUT2D eigenvalue weighted by atomic mass is 9.83. The van der Waals surface area contributed by atoms with E-state index >= 15 is 0 Å². The number of aliphatic imine (C=N–C) groups is 1. The van der Waals surface area contributed by atoms with Crippen LogP contribution in [0.1, 0.15) is 52.5 Å². The summed E-state index contributed by atoms with van der Waals surface area (Å²) in [5.41, 5.74) is 1.65. The van der Waals surface area contributed by atoms with E-state index in [0.717, 1.165) is 21.7 Å². The fourth-order valence-electron chi connectivity index (χ4n) is 7.55. The Balaban J connectivity index is 1.11. The molecule has 0 aromatic carbocycles. The third-order valence-electron chi connectivity index (χ3n) is 10.3. The molecule has 1 aromatic rings. The van der Waals surface area contributed by atoms with Crippen molar-refractivity contribution in [1.82, 2.24) is 45.3 Å². The van der Waals surface area contributed by atoms with Crippen LogP contribution in [0.5, 0.6) is 0 Å². The lowest BCUT2D eigenvalue weighted by Crippen LogP contribution is -2.66. The van der Waals surface area contributed by atoms with E-state index in [-0.39, 0.29) is 29.7 Å². The predicted molar refractivity (Wildman–Crippen MR) is 176 cm³/mol. The van der Waals surface area contributed by atoms with Gasteiger partial charge >= 0.3 is 6.18 Å². The fraction of sp³-hybridized carbons (Fsp3) is 0.636. The predicted octanol–water partition coefficient (Wildman–Crippen LogP) is 2.38. The largest absolute Gasteiger partial charge is 0.422 e. The number of likely N-dealkylation sites (N-methyl/N-ethyl adjacent to an activating group) is 2. The maximum atomic E-state index is 14.3. The zero-order valence-electron chi connectivity index (χ0n) is 28.5. The van der Waals surface area contributed by atoms with Crippen LogP contribution in [0.3, 0.4) is 0 Å². The Morgan fingerprint density at radius 1 is 1.19 bits per heavy atom. The van der Waals surface area contributed by atoms with Crippen LogP contribution in [-0.2, 0) is 10.3 Å². The maximum absolute atomic E-state index is 14.3. The Bertz CT molecular complexity index is 1570. The van der Waals surface area contributed by atoms with Crippen LogP contribution < -0.4 is 16.0 Å². The normalized spacial score (nSPS) is 28.0. The smallest absolute Gasteiger partial charge is 0.364 e. The van der Waals surface area contributed by atoms with Crippen molar-refractivity contribution in [2.45, 2.75) is 88.1 Å². The number of piperidine rings is 1. The number of nitriles is 1. The molecule has 0 saturated carbocycles. The van der Waals surface area contributed by atoms with Gasteiger partial charge in [-0.05, 0) is 65.9 Å². The molecule has 2 fully saturated rings. The highest BCUT2D eigenvalue weighted by Gasteiger charge is 2.52. The number of halogens is 3. The molecule has 1 aromatic heterocycles. The number of alkyl halides is 3. The van der Waals surface area contributed by atoms with Gasteiger partial charge in [-0.15, -0.1) is 0 Å². The van der Waals surface area contributed by atoms with Crippen molar-refractivity contribution in [2.75, 3.05) is 46.8 Å². The zero-order chi connectivity index (χ0) is 34.6. The quantitative estimate of drug-likeness (QED) is 0.402. The van der Waals surface area contributed by atoms with Crippen molar-refractivity contribution < 1.29 is 18.0 Å². The number of fused-ring (bicyclic) bond motifs is 1. The number of nitrogens with zero attached hydrogens (tertiary/aromatic N) is 8. The SMILES string of the molecule is CN1C(C(=O)N2CCC(N3CC(CC#N)(n4cc(C5=C6C=CNC6(C)N=CN5)cn4)C3)CC2)=CC(CNC(C)(C)C)N(C)C1C(F)(F)F. The van der Waals surface area contributed by atoms with Gasteiger partial charge in [0.05, 0.1) is 30.7 Å². The second-order valence-corrected chi connectivity index (χ2v) is 14.8. The highest BCUT2D eigenvalue weighted by molar-refractivity contribution is 5.93. The third kappa shape index (κ3) is 6.21. The van der Waals surface area contributed by atoms with Crippen molar-refractivity contribution in [3.05, 3.63) is 47.6 Å². The van der Waals surface area contributed by atoms with Crippen LogP contribution in [0.4, 0.5) is 13.2 Å². The first-order valence-electron chi connectivity index (χ1n) is 16.5. The molecule has 5 aliphatic heterocycles. The van der Waals surface area contributed by atoms with E-state index < -0.39 is 29.6 Å². The van der Waals surface area contributed by atoms with E-state index in [0.29, 0.717) is 45.4 Å². The number of carbonyl (C=O) groups excluding carboxylic acids is 1. The van der Waals surface area contributed by atoms with Gasteiger partial charge in [-0.3, -0.25) is 19.3 Å². The van der Waals surface area contributed by atoms with Gasteiger partial charge in [-0.25, -0.2) is 4.99 Å². The van der Waals surface area contributed by atoms with Crippen molar-refractivity contribution in [3.63, 3.8) is 0 Å². The van der Waals surface area contributed by atoms with E-state index in [2.05, 4.69) is 31.9 Å². The molecule has 15 heteroatoms. The van der Waals surface area contributed by atoms with Crippen LogP contribution >= 0.6 is 0 Å². The van der Waals surface area contributed by atoms with E-state index in [1.807, 2.05) is 57.0 Å². The molecule has 5 aliphatic rings. The molecular weight excluding hydrogens is 623 g/mol. The van der Waals surface area contributed by atoms with Gasteiger partial charge in [0, 0.05) is 74.7 Å². The van der Waals surface area contributed by atoms with Crippen LogP contribution in [0.25, 0.3) is 5.70 Å². The van der Waals surface area contributed by atoms with Gasteiger partial charge in [-0.1, -0.05) is 0 Å². The molecule has 3 unspecified atom stereocenters. The van der Waals surface area contributed by atoms with Gasteiger partial charge in [0.1, 0.15) is 11.2 Å². The molecule has 0 aliphatic carbocycles. The average molecular weight is 670 g/mol. The number of hydrogen-bond donors (Lipinski definition) is 3. The van der Waals surface area contributed by atoms with Crippen molar-refractivity contribution in [2.24, 2.45) is 4.99 Å². The molecule has 3 N–H and O–H groups in total. The lowest BCUT2D eigenvalue weighted by Gasteiger charge is -2.54. The Kier molecular flexibility index (Phi) is 8.66. The Labute approximate surface area is 280 Å². The monoisotopic (exact) mass is 669 g/mol. The van der Waals surface area contributed by atoms with E-state index in [4.69, 9.17) is 5.10 Å². The van der Waals surface area contributed by atoms with Gasteiger partial charge in [0.15, 0.2) is 11.8 Å². The summed E-state index contributed by atoms with van der Waals surface area (Å²) in [5.74, 6) is -0.370. The number of rotatable bonds is 7. The number of likely N-dealkylation sites (tertiary alicyclic amines) is 2. The van der Waals surface area contributed by atoms with Crippen molar-refractivity contribution in [3.8, 4) is 6.07 Å². The number of amides is 1. The van der Waals surface area contributed by atoms with E-state index in [9.17, 15) is 23.2 Å². The van der Waals surface area contributed by atoms with Gasteiger partial charge in [-0.2, -0.15) is 23.5 Å². The minimum Gasteiger partial charge on any atom is -0.364 e. The fourth-order valence-corrected chi connectivity index (χ4v) is 7.55. The summed E-state index contributed by atoms with van der Waals surface area (Å²) in [7, 11) is 2.80. The molecule has 260 valence electrons. The van der Waals surface area contributed by atoms with Crippen LogP contribution in [0.15, 0.2) is 47.0 Å². The molecule has 0 radical (unpaired) electrons.